The Kier molecular flexibility index (Phi) is 3.07. The summed E-state index contributed by atoms with van der Waals surface area (Å²) in [5.41, 5.74) is -3.45. The molecule has 1 fully saturated rings. The third kappa shape index (κ3) is 1.86. The topological polar surface area (TPSA) is 138 Å². The fraction of sp³-hybridized carbons (Fsp3) is 0.667. The van der Waals surface area contributed by atoms with E-state index in [1.807, 2.05) is 4.98 Å². The van der Waals surface area contributed by atoms with Crippen LogP contribution in [0, 0.1) is 0 Å². The summed E-state index contributed by atoms with van der Waals surface area (Å²) in [6.07, 6.45) is -2.73. The van der Waals surface area contributed by atoms with Crippen molar-refractivity contribution >= 4 is 0 Å². The largest absolute Gasteiger partial charge is 0.394 e. The smallest absolute Gasteiger partial charge is 0.350 e. The molecular weight excluding hydrogens is 246 g/mol. The molecule has 2 heterocycles. The second-order valence-electron chi connectivity index (χ2n) is 4.27. The first kappa shape index (κ1) is 12.9. The lowest BCUT2D eigenvalue weighted by atomic mass is 9.97. The highest BCUT2D eigenvalue weighted by molar-refractivity contribution is 4.99. The van der Waals surface area contributed by atoms with Crippen molar-refractivity contribution < 1.29 is 20.1 Å². The van der Waals surface area contributed by atoms with Gasteiger partial charge in [0.1, 0.15) is 24.1 Å². The summed E-state index contributed by atoms with van der Waals surface area (Å²) in [6.45, 7) is 0.745. The molecule has 1 aromatic rings. The van der Waals surface area contributed by atoms with E-state index < -0.39 is 42.0 Å². The van der Waals surface area contributed by atoms with Crippen LogP contribution in [0.3, 0.4) is 0 Å². The third-order valence-corrected chi connectivity index (χ3v) is 2.93. The number of aromatic amines is 1. The molecule has 4 N–H and O–H groups in total. The third-order valence-electron chi connectivity index (χ3n) is 2.93. The normalized spacial score (nSPS) is 35.9. The molecule has 4 atom stereocenters. The van der Waals surface area contributed by atoms with Crippen molar-refractivity contribution in [1.29, 1.82) is 0 Å². The van der Waals surface area contributed by atoms with Crippen molar-refractivity contribution in [1.82, 2.24) is 14.5 Å². The summed E-state index contributed by atoms with van der Waals surface area (Å²) in [4.78, 5) is 27.6. The monoisotopic (exact) mass is 259 g/mol. The van der Waals surface area contributed by atoms with Gasteiger partial charge in [0.2, 0.25) is 0 Å². The number of nitrogens with one attached hydrogen (secondary N) is 1. The molecule has 0 radical (unpaired) electrons. The number of H-pyrrole nitrogens is 1. The van der Waals surface area contributed by atoms with Gasteiger partial charge in [-0.05, 0) is 6.92 Å². The molecule has 0 bridgehead atoms. The van der Waals surface area contributed by atoms with Crippen molar-refractivity contribution in [2.45, 2.75) is 31.0 Å². The molecule has 1 aromatic heterocycles. The van der Waals surface area contributed by atoms with Gasteiger partial charge in [0.25, 0.3) is 0 Å². The van der Waals surface area contributed by atoms with Gasteiger partial charge in [-0.2, -0.15) is 4.98 Å². The van der Waals surface area contributed by atoms with Gasteiger partial charge in [-0.25, -0.2) is 9.59 Å². The Morgan fingerprint density at radius 1 is 1.61 bits per heavy atom. The van der Waals surface area contributed by atoms with Gasteiger partial charge in [-0.3, -0.25) is 9.55 Å². The summed E-state index contributed by atoms with van der Waals surface area (Å²) in [7, 11) is 0. The van der Waals surface area contributed by atoms with Crippen molar-refractivity contribution in [3.05, 3.63) is 27.3 Å². The lowest BCUT2D eigenvalue weighted by Gasteiger charge is -2.26. The van der Waals surface area contributed by atoms with Crippen molar-refractivity contribution in [3.63, 3.8) is 0 Å². The maximum Gasteiger partial charge on any atom is 0.350 e. The Morgan fingerprint density at radius 3 is 2.78 bits per heavy atom. The maximum atomic E-state index is 11.5. The number of hydrogen-bond donors (Lipinski definition) is 4. The molecule has 1 aliphatic heterocycles. The minimum absolute atomic E-state index is 0.515. The van der Waals surface area contributed by atoms with Crippen LogP contribution in [-0.2, 0) is 4.74 Å². The predicted octanol–water partition coefficient (Wildman–Crippen LogP) is -3.07. The number of aliphatic hydroxyl groups excluding tert-OH is 2. The van der Waals surface area contributed by atoms with Crippen LogP contribution in [0.15, 0.2) is 15.9 Å². The number of rotatable bonds is 2. The maximum absolute atomic E-state index is 11.5. The first-order valence-electron chi connectivity index (χ1n) is 5.22. The van der Waals surface area contributed by atoms with Gasteiger partial charge >= 0.3 is 11.4 Å². The van der Waals surface area contributed by atoms with E-state index in [2.05, 4.69) is 4.98 Å². The zero-order valence-corrected chi connectivity index (χ0v) is 9.48. The van der Waals surface area contributed by atoms with E-state index in [1.165, 1.54) is 6.92 Å². The van der Waals surface area contributed by atoms with Crippen LogP contribution >= 0.6 is 0 Å². The molecule has 0 amide bonds. The summed E-state index contributed by atoms with van der Waals surface area (Å²) in [5.74, 6) is 0. The fourth-order valence-electron chi connectivity index (χ4n) is 1.91. The number of ether oxygens (including phenoxy) is 1. The van der Waals surface area contributed by atoms with Crippen molar-refractivity contribution in [3.8, 4) is 0 Å². The molecule has 18 heavy (non-hydrogen) atoms. The molecule has 2 rings (SSSR count). The van der Waals surface area contributed by atoms with E-state index in [0.29, 0.717) is 0 Å². The summed E-state index contributed by atoms with van der Waals surface area (Å²) in [5, 5.41) is 28.8. The second kappa shape index (κ2) is 4.28. The Labute approximate surface area is 100 Å². The van der Waals surface area contributed by atoms with Crippen LogP contribution in [0.2, 0.25) is 0 Å². The van der Waals surface area contributed by atoms with E-state index >= 15 is 0 Å². The van der Waals surface area contributed by atoms with Crippen LogP contribution in [0.25, 0.3) is 0 Å². The average Bonchev–Trinajstić information content (AvgIpc) is 2.52. The minimum atomic E-state index is -1.79. The van der Waals surface area contributed by atoms with Crippen LogP contribution in [-0.4, -0.2) is 54.3 Å². The summed E-state index contributed by atoms with van der Waals surface area (Å²) < 4.78 is 6.04. The molecule has 1 aliphatic rings. The van der Waals surface area contributed by atoms with E-state index in [0.717, 1.165) is 10.9 Å². The van der Waals surface area contributed by atoms with Crippen LogP contribution in [0.5, 0.6) is 0 Å². The summed E-state index contributed by atoms with van der Waals surface area (Å²) >= 11 is 0. The lowest BCUT2D eigenvalue weighted by Crippen LogP contribution is -2.47. The SMILES string of the molecule is C[C@@]1(O)[C@H](O)[C@@H](CO)O[C@H]1n1cnc(=O)[nH]c1=O. The van der Waals surface area contributed by atoms with Crippen molar-refractivity contribution in [2.24, 2.45) is 0 Å². The molecule has 1 saturated heterocycles. The van der Waals surface area contributed by atoms with Gasteiger partial charge < -0.3 is 20.1 Å². The van der Waals surface area contributed by atoms with Gasteiger partial charge in [0.15, 0.2) is 6.23 Å². The highest BCUT2D eigenvalue weighted by Gasteiger charge is 2.53. The Hall–Kier alpha value is -1.55. The number of aromatic nitrogens is 3. The van der Waals surface area contributed by atoms with Gasteiger partial charge in [-0.1, -0.05) is 0 Å². The van der Waals surface area contributed by atoms with E-state index in [9.17, 15) is 19.8 Å². The standard InChI is InChI=1S/C9H13N3O6/c1-9(17)5(14)4(2-13)18-6(9)12-3-10-7(15)11-8(12)16/h3-6,13-14,17H,2H2,1H3,(H,11,15,16)/t4-,5-,6-,9-/m1/s1. The molecule has 0 spiro atoms. The Morgan fingerprint density at radius 2 is 2.28 bits per heavy atom. The van der Waals surface area contributed by atoms with Gasteiger partial charge in [-0.15, -0.1) is 0 Å². The van der Waals surface area contributed by atoms with Gasteiger partial charge in [0, 0.05) is 0 Å². The highest BCUT2D eigenvalue weighted by Crippen LogP contribution is 2.36. The Bertz CT molecular complexity index is 550. The molecule has 0 aromatic carbocycles. The number of aliphatic hydroxyl groups is 3. The van der Waals surface area contributed by atoms with E-state index in [-0.39, 0.29) is 0 Å². The zero-order valence-electron chi connectivity index (χ0n) is 9.48. The summed E-state index contributed by atoms with van der Waals surface area (Å²) in [6, 6.07) is 0. The first-order valence-corrected chi connectivity index (χ1v) is 5.22. The second-order valence-corrected chi connectivity index (χ2v) is 4.27. The molecule has 0 aliphatic carbocycles. The van der Waals surface area contributed by atoms with E-state index in [1.54, 1.807) is 0 Å². The van der Waals surface area contributed by atoms with E-state index in [4.69, 9.17) is 9.84 Å². The fourth-order valence-corrected chi connectivity index (χ4v) is 1.91. The predicted molar refractivity (Wildman–Crippen MR) is 56.7 cm³/mol. The Balaban J connectivity index is 2.45. The number of hydrogen-bond acceptors (Lipinski definition) is 7. The van der Waals surface area contributed by atoms with Crippen LogP contribution in [0.1, 0.15) is 13.2 Å². The molecular formula is C9H13N3O6. The molecule has 0 saturated carbocycles. The van der Waals surface area contributed by atoms with Crippen LogP contribution in [0.4, 0.5) is 0 Å². The highest BCUT2D eigenvalue weighted by atomic mass is 16.6. The molecule has 9 heteroatoms. The quantitative estimate of drug-likeness (QED) is 0.442. The van der Waals surface area contributed by atoms with Crippen molar-refractivity contribution in [2.75, 3.05) is 6.61 Å². The average molecular weight is 259 g/mol. The van der Waals surface area contributed by atoms with Gasteiger partial charge in [0.05, 0.1) is 6.61 Å². The minimum Gasteiger partial charge on any atom is -0.394 e. The zero-order chi connectivity index (χ0) is 13.5. The number of nitrogens with zero attached hydrogens (tertiary/aromatic N) is 2. The first-order chi connectivity index (χ1) is 8.37. The molecule has 100 valence electrons. The molecule has 9 nitrogen and oxygen atoms in total. The molecule has 0 unspecified atom stereocenters. The van der Waals surface area contributed by atoms with Crippen LogP contribution < -0.4 is 11.4 Å². The lowest BCUT2D eigenvalue weighted by molar-refractivity contribution is -0.0992.